The summed E-state index contributed by atoms with van der Waals surface area (Å²) in [6, 6.07) is 0. The molecule has 0 saturated carbocycles. The molecule has 1 aliphatic heterocycles. The minimum Gasteiger partial charge on any atom is -0.479 e. The second kappa shape index (κ2) is 3.37. The zero-order valence-corrected chi connectivity index (χ0v) is 8.98. The molecule has 6 heteroatoms. The average Bonchev–Trinajstić information content (AvgIpc) is 1.94. The summed E-state index contributed by atoms with van der Waals surface area (Å²) in [7, 11) is 0. The van der Waals surface area contributed by atoms with E-state index in [1.807, 2.05) is 0 Å². The van der Waals surface area contributed by atoms with Crippen molar-refractivity contribution >= 4 is 12.1 Å². The van der Waals surface area contributed by atoms with Gasteiger partial charge in [0.15, 0.2) is 5.60 Å². The van der Waals surface area contributed by atoms with E-state index in [1.54, 1.807) is 20.8 Å². The molecule has 0 aliphatic carbocycles. The highest BCUT2D eigenvalue weighted by Gasteiger charge is 2.51. The summed E-state index contributed by atoms with van der Waals surface area (Å²) in [5, 5.41) is 18.0. The minimum atomic E-state index is -1.81. The number of ether oxygens (including phenoxy) is 1. The van der Waals surface area contributed by atoms with Crippen LogP contribution in [-0.4, -0.2) is 51.5 Å². The Hall–Kier alpha value is -1.30. The first-order valence-electron chi connectivity index (χ1n) is 4.58. The van der Waals surface area contributed by atoms with Crippen molar-refractivity contribution < 1.29 is 24.5 Å². The van der Waals surface area contributed by atoms with E-state index in [0.29, 0.717) is 0 Å². The van der Waals surface area contributed by atoms with E-state index in [1.165, 1.54) is 0 Å². The molecule has 0 unspecified atom stereocenters. The Balaban J connectivity index is 2.46. The third kappa shape index (κ3) is 2.59. The van der Waals surface area contributed by atoms with E-state index in [2.05, 4.69) is 0 Å². The molecular weight excluding hydrogens is 202 g/mol. The smallest absolute Gasteiger partial charge is 0.410 e. The van der Waals surface area contributed by atoms with Crippen LogP contribution in [0.15, 0.2) is 0 Å². The number of carbonyl (C=O) groups excluding carboxylic acids is 1. The van der Waals surface area contributed by atoms with Crippen molar-refractivity contribution in [2.75, 3.05) is 13.1 Å². The van der Waals surface area contributed by atoms with E-state index in [9.17, 15) is 14.7 Å². The monoisotopic (exact) mass is 217 g/mol. The van der Waals surface area contributed by atoms with E-state index >= 15 is 0 Å². The molecule has 0 aromatic heterocycles. The molecule has 1 fully saturated rings. The maximum atomic E-state index is 11.4. The number of aliphatic hydroxyl groups is 1. The molecule has 2 N–H and O–H groups in total. The van der Waals surface area contributed by atoms with Crippen LogP contribution in [0.3, 0.4) is 0 Å². The van der Waals surface area contributed by atoms with Crippen LogP contribution in [0.25, 0.3) is 0 Å². The third-order valence-electron chi connectivity index (χ3n) is 1.95. The maximum absolute atomic E-state index is 11.4. The van der Waals surface area contributed by atoms with Crippen LogP contribution in [-0.2, 0) is 9.53 Å². The van der Waals surface area contributed by atoms with Gasteiger partial charge in [0.25, 0.3) is 0 Å². The van der Waals surface area contributed by atoms with Crippen molar-refractivity contribution in [1.29, 1.82) is 0 Å². The van der Waals surface area contributed by atoms with Gasteiger partial charge in [-0.25, -0.2) is 9.59 Å². The molecule has 1 rings (SSSR count). The molecule has 0 radical (unpaired) electrons. The van der Waals surface area contributed by atoms with Gasteiger partial charge >= 0.3 is 12.1 Å². The largest absolute Gasteiger partial charge is 0.479 e. The number of rotatable bonds is 1. The van der Waals surface area contributed by atoms with Crippen LogP contribution in [0.5, 0.6) is 0 Å². The Morgan fingerprint density at radius 2 is 1.80 bits per heavy atom. The van der Waals surface area contributed by atoms with Gasteiger partial charge in [-0.05, 0) is 20.8 Å². The van der Waals surface area contributed by atoms with Gasteiger partial charge in [-0.15, -0.1) is 0 Å². The molecule has 1 heterocycles. The molecule has 1 aliphatic rings. The van der Waals surface area contributed by atoms with Gasteiger partial charge in [-0.1, -0.05) is 0 Å². The van der Waals surface area contributed by atoms with Crippen LogP contribution in [0.4, 0.5) is 4.79 Å². The fourth-order valence-corrected chi connectivity index (χ4v) is 1.18. The molecule has 15 heavy (non-hydrogen) atoms. The number of hydrogen-bond donors (Lipinski definition) is 2. The van der Waals surface area contributed by atoms with E-state index in [0.717, 1.165) is 4.90 Å². The first-order chi connectivity index (χ1) is 6.64. The standard InChI is InChI=1S/C9H15NO5/c1-8(2,3)15-7(13)10-4-9(14,5-10)6(11)12/h14H,4-5H2,1-3H3,(H,11,12). The van der Waals surface area contributed by atoms with Crippen LogP contribution >= 0.6 is 0 Å². The van der Waals surface area contributed by atoms with Crippen LogP contribution in [0, 0.1) is 0 Å². The molecule has 0 bridgehead atoms. The predicted octanol–water partition coefficient (Wildman–Crippen LogP) is 0.0528. The van der Waals surface area contributed by atoms with Gasteiger partial charge in [0.1, 0.15) is 5.60 Å². The fraction of sp³-hybridized carbons (Fsp3) is 0.778. The Morgan fingerprint density at radius 1 is 1.33 bits per heavy atom. The molecule has 1 amide bonds. The Morgan fingerprint density at radius 3 is 2.13 bits per heavy atom. The van der Waals surface area contributed by atoms with Gasteiger partial charge in [-0.3, -0.25) is 0 Å². The lowest BCUT2D eigenvalue weighted by Crippen LogP contribution is -2.67. The molecule has 1 saturated heterocycles. The number of carbonyl (C=O) groups is 2. The quantitative estimate of drug-likeness (QED) is 0.648. The van der Waals surface area contributed by atoms with Crippen molar-refractivity contribution in [3.63, 3.8) is 0 Å². The van der Waals surface area contributed by atoms with Crippen molar-refractivity contribution in [3.8, 4) is 0 Å². The predicted molar refractivity (Wildman–Crippen MR) is 50.4 cm³/mol. The number of likely N-dealkylation sites (tertiary alicyclic amines) is 1. The van der Waals surface area contributed by atoms with E-state index in [-0.39, 0.29) is 13.1 Å². The second-order valence-electron chi connectivity index (χ2n) is 4.67. The van der Waals surface area contributed by atoms with Gasteiger partial charge in [0.2, 0.25) is 0 Å². The molecule has 0 atom stereocenters. The molecular formula is C9H15NO5. The number of β-amino-alcohol motifs (C(OH)–C–C–N with tert-alkyl or cyclic N) is 1. The lowest BCUT2D eigenvalue weighted by molar-refractivity contribution is -0.175. The summed E-state index contributed by atoms with van der Waals surface area (Å²) in [5.41, 5.74) is -2.43. The highest BCUT2D eigenvalue weighted by molar-refractivity contribution is 5.82. The normalized spacial score (nSPS) is 19.3. The molecule has 0 aromatic carbocycles. The van der Waals surface area contributed by atoms with Gasteiger partial charge in [-0.2, -0.15) is 0 Å². The van der Waals surface area contributed by atoms with Crippen molar-refractivity contribution in [3.05, 3.63) is 0 Å². The average molecular weight is 217 g/mol. The first-order valence-corrected chi connectivity index (χ1v) is 4.58. The summed E-state index contributed by atoms with van der Waals surface area (Å²) >= 11 is 0. The Labute approximate surface area is 87.4 Å². The summed E-state index contributed by atoms with van der Waals surface area (Å²) in [4.78, 5) is 23.0. The lowest BCUT2D eigenvalue weighted by Gasteiger charge is -2.43. The van der Waals surface area contributed by atoms with Crippen LogP contribution in [0.1, 0.15) is 20.8 Å². The Bertz CT molecular complexity index is 287. The lowest BCUT2D eigenvalue weighted by atomic mass is 9.95. The second-order valence-corrected chi connectivity index (χ2v) is 4.67. The van der Waals surface area contributed by atoms with Crippen molar-refractivity contribution in [1.82, 2.24) is 4.90 Å². The van der Waals surface area contributed by atoms with Gasteiger partial charge in [0.05, 0.1) is 13.1 Å². The third-order valence-corrected chi connectivity index (χ3v) is 1.95. The van der Waals surface area contributed by atoms with Crippen molar-refractivity contribution in [2.45, 2.75) is 32.0 Å². The summed E-state index contributed by atoms with van der Waals surface area (Å²) < 4.78 is 5.00. The Kier molecular flexibility index (Phi) is 2.65. The topological polar surface area (TPSA) is 87.1 Å². The number of carboxylic acid groups (broad SMARTS) is 1. The number of carboxylic acids is 1. The van der Waals surface area contributed by atoms with Crippen molar-refractivity contribution in [2.24, 2.45) is 0 Å². The zero-order valence-electron chi connectivity index (χ0n) is 8.98. The van der Waals surface area contributed by atoms with Gasteiger partial charge in [0, 0.05) is 0 Å². The highest BCUT2D eigenvalue weighted by Crippen LogP contribution is 2.23. The van der Waals surface area contributed by atoms with Crippen LogP contribution < -0.4 is 0 Å². The van der Waals surface area contributed by atoms with E-state index in [4.69, 9.17) is 9.84 Å². The number of amides is 1. The minimum absolute atomic E-state index is 0.225. The maximum Gasteiger partial charge on any atom is 0.410 e. The summed E-state index contributed by atoms with van der Waals surface area (Å²) in [5.74, 6) is -1.32. The summed E-state index contributed by atoms with van der Waals surface area (Å²) in [6.45, 7) is 4.70. The number of nitrogens with zero attached hydrogens (tertiary/aromatic N) is 1. The zero-order chi connectivity index (χ0) is 11.9. The van der Waals surface area contributed by atoms with E-state index < -0.39 is 23.3 Å². The molecule has 0 spiro atoms. The number of hydrogen-bond acceptors (Lipinski definition) is 4. The molecule has 86 valence electrons. The van der Waals surface area contributed by atoms with Gasteiger partial charge < -0.3 is 19.8 Å². The summed E-state index contributed by atoms with van der Waals surface area (Å²) in [6.07, 6.45) is -0.603. The highest BCUT2D eigenvalue weighted by atomic mass is 16.6. The SMILES string of the molecule is CC(C)(C)OC(=O)N1CC(O)(C(=O)O)C1. The fourth-order valence-electron chi connectivity index (χ4n) is 1.18. The van der Waals surface area contributed by atoms with Crippen LogP contribution in [0.2, 0.25) is 0 Å². The number of aliphatic carboxylic acids is 1. The molecule has 0 aromatic rings. The molecule has 6 nitrogen and oxygen atoms in total. The first kappa shape index (κ1) is 11.8.